The lowest BCUT2D eigenvalue weighted by Crippen LogP contribution is -1.99. The Labute approximate surface area is 117 Å². The molecule has 0 aliphatic rings. The number of benzene rings is 1. The van der Waals surface area contributed by atoms with E-state index in [-0.39, 0.29) is 28.1 Å². The Kier molecular flexibility index (Phi) is 2.93. The molecule has 0 aliphatic carbocycles. The van der Waals surface area contributed by atoms with Gasteiger partial charge in [0.1, 0.15) is 34.7 Å². The smallest absolute Gasteiger partial charge is 0.256 e. The van der Waals surface area contributed by atoms with Crippen LogP contribution in [-0.4, -0.2) is 19.6 Å². The van der Waals surface area contributed by atoms with Crippen molar-refractivity contribution in [2.75, 3.05) is 0 Å². The lowest BCUT2D eigenvalue weighted by molar-refractivity contribution is 0.440. The van der Waals surface area contributed by atoms with Gasteiger partial charge in [-0.15, -0.1) is 0 Å². The van der Waals surface area contributed by atoms with Crippen LogP contribution in [-0.2, 0) is 0 Å². The molecule has 0 radical (unpaired) electrons. The van der Waals surface area contributed by atoms with Crippen LogP contribution in [0.5, 0.6) is 11.6 Å². The Hall–Kier alpha value is -2.72. The Balaban J connectivity index is 2.13. The van der Waals surface area contributed by atoms with Gasteiger partial charge in [-0.05, 0) is 12.1 Å². The summed E-state index contributed by atoms with van der Waals surface area (Å²) in [5.41, 5.74) is -0.200. The molecule has 0 fully saturated rings. The molecular weight excluding hydrogens is 285 g/mol. The first-order valence-electron chi connectivity index (χ1n) is 5.42. The highest BCUT2D eigenvalue weighted by Crippen LogP contribution is 2.27. The zero-order chi connectivity index (χ0) is 14.1. The van der Waals surface area contributed by atoms with Crippen LogP contribution in [0.3, 0.4) is 0 Å². The van der Waals surface area contributed by atoms with E-state index in [0.29, 0.717) is 0 Å². The summed E-state index contributed by atoms with van der Waals surface area (Å²) in [5.74, 6) is -0.187. The molecule has 0 saturated carbocycles. The van der Waals surface area contributed by atoms with Crippen LogP contribution < -0.4 is 4.74 Å². The summed E-state index contributed by atoms with van der Waals surface area (Å²) < 4.78 is 20.3. The minimum Gasteiger partial charge on any atom is -0.437 e. The van der Waals surface area contributed by atoms with Crippen LogP contribution in [0.15, 0.2) is 30.6 Å². The van der Waals surface area contributed by atoms with Crippen LogP contribution >= 0.6 is 11.6 Å². The van der Waals surface area contributed by atoms with Crippen LogP contribution in [0.25, 0.3) is 5.78 Å². The van der Waals surface area contributed by atoms with E-state index in [2.05, 4.69) is 15.1 Å². The van der Waals surface area contributed by atoms with Crippen molar-refractivity contribution >= 4 is 17.4 Å². The maximum absolute atomic E-state index is 13.5. The topological polar surface area (TPSA) is 76.1 Å². The Morgan fingerprint density at radius 2 is 2.25 bits per heavy atom. The number of nitriles is 1. The van der Waals surface area contributed by atoms with Crippen molar-refractivity contribution in [1.29, 1.82) is 5.26 Å². The van der Waals surface area contributed by atoms with E-state index < -0.39 is 5.82 Å². The van der Waals surface area contributed by atoms with Gasteiger partial charge in [-0.2, -0.15) is 24.8 Å². The number of aromatic nitrogens is 4. The highest BCUT2D eigenvalue weighted by molar-refractivity contribution is 6.29. The molecule has 0 amide bonds. The molecule has 3 rings (SSSR count). The summed E-state index contributed by atoms with van der Waals surface area (Å²) >= 11 is 5.84. The number of fused-ring (bicyclic) bond motifs is 1. The number of ether oxygens (including phenoxy) is 1. The summed E-state index contributed by atoms with van der Waals surface area (Å²) in [7, 11) is 0. The zero-order valence-corrected chi connectivity index (χ0v) is 10.5. The number of hydrogen-bond donors (Lipinski definition) is 0. The zero-order valence-electron chi connectivity index (χ0n) is 9.79. The van der Waals surface area contributed by atoms with Crippen molar-refractivity contribution in [3.63, 3.8) is 0 Å². The first-order chi connectivity index (χ1) is 9.69. The van der Waals surface area contributed by atoms with Crippen LogP contribution in [0.1, 0.15) is 5.56 Å². The van der Waals surface area contributed by atoms with E-state index in [1.54, 1.807) is 6.07 Å². The van der Waals surface area contributed by atoms with Gasteiger partial charge in [-0.1, -0.05) is 17.7 Å². The maximum atomic E-state index is 13.5. The quantitative estimate of drug-likeness (QED) is 0.678. The van der Waals surface area contributed by atoms with Crippen molar-refractivity contribution in [3.05, 3.63) is 47.1 Å². The standard InChI is InChI=1S/C12H5ClFN5O/c13-10-4-11(19-12(18-10)16-6-17-19)20-9-3-1-2-8(14)7(9)5-15/h1-4,6H. The lowest BCUT2D eigenvalue weighted by atomic mass is 10.2. The third-order valence-electron chi connectivity index (χ3n) is 2.49. The summed E-state index contributed by atoms with van der Waals surface area (Å²) in [5, 5.41) is 13.0. The molecule has 8 heteroatoms. The van der Waals surface area contributed by atoms with Gasteiger partial charge in [-0.3, -0.25) is 0 Å². The van der Waals surface area contributed by atoms with E-state index in [1.807, 2.05) is 0 Å². The average molecular weight is 290 g/mol. The van der Waals surface area contributed by atoms with Gasteiger partial charge in [0.25, 0.3) is 5.78 Å². The highest BCUT2D eigenvalue weighted by Gasteiger charge is 2.13. The number of nitrogens with zero attached hydrogens (tertiary/aromatic N) is 5. The summed E-state index contributed by atoms with van der Waals surface area (Å²) in [6, 6.07) is 7.23. The average Bonchev–Trinajstić information content (AvgIpc) is 2.87. The predicted molar refractivity (Wildman–Crippen MR) is 67.0 cm³/mol. The number of rotatable bonds is 2. The third kappa shape index (κ3) is 2.02. The van der Waals surface area contributed by atoms with Gasteiger partial charge in [0.15, 0.2) is 0 Å². The molecule has 6 nitrogen and oxygen atoms in total. The molecule has 3 aromatic rings. The largest absolute Gasteiger partial charge is 0.437 e. The van der Waals surface area contributed by atoms with Gasteiger partial charge in [0.2, 0.25) is 5.88 Å². The van der Waals surface area contributed by atoms with Gasteiger partial charge in [0.05, 0.1) is 0 Å². The van der Waals surface area contributed by atoms with Crippen molar-refractivity contribution in [2.24, 2.45) is 0 Å². The van der Waals surface area contributed by atoms with E-state index >= 15 is 0 Å². The fourth-order valence-electron chi connectivity index (χ4n) is 1.64. The van der Waals surface area contributed by atoms with Crippen molar-refractivity contribution in [2.45, 2.75) is 0 Å². The lowest BCUT2D eigenvalue weighted by Gasteiger charge is -2.08. The third-order valence-corrected chi connectivity index (χ3v) is 2.68. The molecule has 0 spiro atoms. The number of hydrogen-bond acceptors (Lipinski definition) is 5. The number of halogens is 2. The molecule has 0 N–H and O–H groups in total. The molecule has 0 bridgehead atoms. The Bertz CT molecular complexity index is 841. The van der Waals surface area contributed by atoms with Gasteiger partial charge < -0.3 is 4.74 Å². The van der Waals surface area contributed by atoms with E-state index in [9.17, 15) is 4.39 Å². The SMILES string of the molecule is N#Cc1c(F)cccc1Oc1cc(Cl)nc2ncnn12. The molecule has 2 heterocycles. The molecular formula is C12H5ClFN5O. The minimum atomic E-state index is -0.667. The van der Waals surface area contributed by atoms with Crippen molar-refractivity contribution in [3.8, 4) is 17.7 Å². The van der Waals surface area contributed by atoms with Crippen LogP contribution in [0.4, 0.5) is 4.39 Å². The van der Waals surface area contributed by atoms with Crippen LogP contribution in [0, 0.1) is 17.1 Å². The van der Waals surface area contributed by atoms with Crippen molar-refractivity contribution < 1.29 is 9.13 Å². The molecule has 1 aromatic carbocycles. The minimum absolute atomic E-state index is 0.0616. The van der Waals surface area contributed by atoms with Crippen LogP contribution in [0.2, 0.25) is 5.15 Å². The molecule has 0 unspecified atom stereocenters. The second-order valence-electron chi connectivity index (χ2n) is 3.72. The van der Waals surface area contributed by atoms with E-state index in [1.165, 1.54) is 35.1 Å². The van der Waals surface area contributed by atoms with E-state index in [0.717, 1.165) is 0 Å². The van der Waals surface area contributed by atoms with E-state index in [4.69, 9.17) is 21.6 Å². The molecule has 2 aromatic heterocycles. The predicted octanol–water partition coefficient (Wildman–Crippen LogP) is 2.58. The second-order valence-corrected chi connectivity index (χ2v) is 4.10. The van der Waals surface area contributed by atoms with Crippen molar-refractivity contribution in [1.82, 2.24) is 19.6 Å². The Morgan fingerprint density at radius 1 is 1.40 bits per heavy atom. The first kappa shape index (κ1) is 12.3. The molecule has 0 aliphatic heterocycles. The summed E-state index contributed by atoms with van der Waals surface area (Å²) in [4.78, 5) is 7.81. The highest BCUT2D eigenvalue weighted by atomic mass is 35.5. The van der Waals surface area contributed by atoms with Gasteiger partial charge >= 0.3 is 0 Å². The molecule has 0 atom stereocenters. The second kappa shape index (κ2) is 4.75. The monoisotopic (exact) mass is 289 g/mol. The van der Waals surface area contributed by atoms with Gasteiger partial charge in [0, 0.05) is 6.07 Å². The molecule has 20 heavy (non-hydrogen) atoms. The normalized spacial score (nSPS) is 10.4. The van der Waals surface area contributed by atoms with Gasteiger partial charge in [-0.25, -0.2) is 4.39 Å². The fourth-order valence-corrected chi connectivity index (χ4v) is 1.81. The summed E-state index contributed by atoms with van der Waals surface area (Å²) in [6.45, 7) is 0. The Morgan fingerprint density at radius 3 is 3.05 bits per heavy atom. The first-order valence-corrected chi connectivity index (χ1v) is 5.79. The molecule has 98 valence electrons. The fraction of sp³-hybridized carbons (Fsp3) is 0. The maximum Gasteiger partial charge on any atom is 0.256 e. The summed E-state index contributed by atoms with van der Waals surface area (Å²) in [6.07, 6.45) is 1.28. The molecule has 0 saturated heterocycles.